The highest BCUT2D eigenvalue weighted by Gasteiger charge is 2.31. The van der Waals surface area contributed by atoms with Crippen molar-refractivity contribution in [3.63, 3.8) is 0 Å². The van der Waals surface area contributed by atoms with Crippen molar-refractivity contribution in [1.29, 1.82) is 0 Å². The molecule has 10 heteroatoms. The first-order valence-electron chi connectivity index (χ1n) is 13.4. The van der Waals surface area contributed by atoms with E-state index in [1.807, 2.05) is 13.0 Å². The van der Waals surface area contributed by atoms with E-state index in [0.29, 0.717) is 19.7 Å². The Morgan fingerprint density at radius 2 is 2.05 bits per heavy atom. The molecule has 0 radical (unpaired) electrons. The summed E-state index contributed by atoms with van der Waals surface area (Å²) in [6.45, 7) is 11.7. The molecule has 0 saturated carbocycles. The molecular formula is C28H34N6O3S. The fourth-order valence-corrected chi connectivity index (χ4v) is 6.80. The molecule has 0 aromatic carbocycles. The lowest BCUT2D eigenvalue weighted by Gasteiger charge is -2.34. The maximum Gasteiger partial charge on any atom is 0.409 e. The van der Waals surface area contributed by atoms with Crippen molar-refractivity contribution in [2.75, 3.05) is 51.2 Å². The summed E-state index contributed by atoms with van der Waals surface area (Å²) < 4.78 is 11.6. The van der Waals surface area contributed by atoms with Crippen LogP contribution in [-0.2, 0) is 17.6 Å². The maximum atomic E-state index is 12.0. The SMILES string of the molecule is CCOC(=O)N1CCN(CCNc2ncnc3c2sc2nc(-c4ccoc4)c4c(c23)CC(C)(C)CC4)CC1. The van der Waals surface area contributed by atoms with Crippen LogP contribution in [0.3, 0.4) is 0 Å². The summed E-state index contributed by atoms with van der Waals surface area (Å²) in [5.74, 6) is 0.858. The molecule has 38 heavy (non-hydrogen) atoms. The minimum absolute atomic E-state index is 0.214. The second-order valence-electron chi connectivity index (χ2n) is 10.9. The quantitative estimate of drug-likeness (QED) is 0.361. The summed E-state index contributed by atoms with van der Waals surface area (Å²) in [7, 11) is 0. The van der Waals surface area contributed by atoms with E-state index in [0.717, 1.165) is 77.6 Å². The number of nitrogens with zero attached hydrogens (tertiary/aromatic N) is 5. The van der Waals surface area contributed by atoms with Gasteiger partial charge in [-0.2, -0.15) is 0 Å². The second-order valence-corrected chi connectivity index (χ2v) is 11.9. The first kappa shape index (κ1) is 25.1. The zero-order valence-electron chi connectivity index (χ0n) is 22.2. The Balaban J connectivity index is 1.25. The topological polar surface area (TPSA) is 96.6 Å². The van der Waals surface area contributed by atoms with Crippen molar-refractivity contribution in [3.8, 4) is 11.3 Å². The Hall–Kier alpha value is -3.24. The lowest BCUT2D eigenvalue weighted by atomic mass is 9.73. The molecule has 1 fully saturated rings. The third-order valence-corrected chi connectivity index (χ3v) is 8.82. The van der Waals surface area contributed by atoms with Crippen molar-refractivity contribution in [2.45, 2.75) is 40.0 Å². The number of nitrogens with one attached hydrogen (secondary N) is 1. The number of ether oxygens (including phenoxy) is 1. The second kappa shape index (κ2) is 10.1. The smallest absolute Gasteiger partial charge is 0.409 e. The van der Waals surface area contributed by atoms with Gasteiger partial charge in [-0.05, 0) is 48.8 Å². The summed E-state index contributed by atoms with van der Waals surface area (Å²) in [6, 6.07) is 2.00. The van der Waals surface area contributed by atoms with Crippen LogP contribution in [0.4, 0.5) is 10.6 Å². The standard InChI is InChI=1S/C28H34N6O3S/c1-4-37-27(35)34-12-10-33(11-13-34)9-8-29-25-24-23(30-17-31-25)21-20-15-28(2,3)7-5-19(20)22(32-26(21)38-24)18-6-14-36-16-18/h6,14,16-17H,4-5,7-13,15H2,1-3H3,(H,29,30,31). The van der Waals surface area contributed by atoms with Crippen LogP contribution in [0.25, 0.3) is 31.7 Å². The van der Waals surface area contributed by atoms with Crippen LogP contribution in [-0.4, -0.2) is 76.7 Å². The van der Waals surface area contributed by atoms with Crippen LogP contribution in [0.2, 0.25) is 0 Å². The highest BCUT2D eigenvalue weighted by atomic mass is 32.1. The van der Waals surface area contributed by atoms with E-state index >= 15 is 0 Å². The molecule has 0 unspecified atom stereocenters. The molecule has 5 heterocycles. The van der Waals surface area contributed by atoms with Gasteiger partial charge in [0, 0.05) is 50.2 Å². The summed E-state index contributed by atoms with van der Waals surface area (Å²) in [6.07, 6.45) is 8.10. The van der Waals surface area contributed by atoms with Gasteiger partial charge in [-0.25, -0.2) is 19.7 Å². The molecule has 200 valence electrons. The van der Waals surface area contributed by atoms with Crippen molar-refractivity contribution >= 4 is 43.7 Å². The maximum absolute atomic E-state index is 12.0. The Bertz CT molecular complexity index is 1460. The van der Waals surface area contributed by atoms with E-state index in [2.05, 4.69) is 29.0 Å². The van der Waals surface area contributed by atoms with Gasteiger partial charge >= 0.3 is 6.09 Å². The van der Waals surface area contributed by atoms with Gasteiger partial charge in [0.1, 0.15) is 17.0 Å². The Morgan fingerprint density at radius 3 is 2.82 bits per heavy atom. The highest BCUT2D eigenvalue weighted by Crippen LogP contribution is 2.46. The number of piperazine rings is 1. The average molecular weight is 535 g/mol. The average Bonchev–Trinajstić information content (AvgIpc) is 3.57. The van der Waals surface area contributed by atoms with Crippen LogP contribution in [0.15, 0.2) is 29.3 Å². The number of furan rings is 1. The number of hydrogen-bond acceptors (Lipinski definition) is 9. The molecule has 9 nitrogen and oxygen atoms in total. The van der Waals surface area contributed by atoms with E-state index in [1.165, 1.54) is 16.5 Å². The van der Waals surface area contributed by atoms with Crippen LogP contribution >= 0.6 is 11.3 Å². The van der Waals surface area contributed by atoms with Crippen molar-refractivity contribution in [1.82, 2.24) is 24.8 Å². The molecule has 4 aromatic heterocycles. The normalized spacial score (nSPS) is 17.6. The third kappa shape index (κ3) is 4.71. The predicted octanol–water partition coefficient (Wildman–Crippen LogP) is 5.20. The van der Waals surface area contributed by atoms with E-state index in [-0.39, 0.29) is 11.5 Å². The molecule has 1 amide bonds. The molecule has 0 atom stereocenters. The fraction of sp³-hybridized carbons (Fsp3) is 0.500. The van der Waals surface area contributed by atoms with Gasteiger partial charge in [-0.1, -0.05) is 13.8 Å². The number of carbonyl (C=O) groups is 1. The number of aromatic nitrogens is 3. The number of carbonyl (C=O) groups excluding carboxylic acids is 1. The summed E-state index contributed by atoms with van der Waals surface area (Å²) in [5.41, 5.74) is 5.99. The van der Waals surface area contributed by atoms with Crippen LogP contribution in [0.5, 0.6) is 0 Å². The van der Waals surface area contributed by atoms with Gasteiger partial charge < -0.3 is 19.4 Å². The number of anilines is 1. The summed E-state index contributed by atoms with van der Waals surface area (Å²) in [4.78, 5) is 31.6. The molecule has 6 rings (SSSR count). The van der Waals surface area contributed by atoms with Crippen molar-refractivity contribution in [3.05, 3.63) is 36.0 Å². The van der Waals surface area contributed by atoms with Gasteiger partial charge in [-0.3, -0.25) is 4.90 Å². The molecule has 1 aliphatic heterocycles. The van der Waals surface area contributed by atoms with Crippen molar-refractivity contribution < 1.29 is 13.9 Å². The van der Waals surface area contributed by atoms with E-state index < -0.39 is 0 Å². The molecular weight excluding hydrogens is 500 g/mol. The molecule has 0 spiro atoms. The molecule has 2 aliphatic rings. The fourth-order valence-electron chi connectivity index (χ4n) is 5.67. The number of hydrogen-bond donors (Lipinski definition) is 1. The Kier molecular flexibility index (Phi) is 6.69. The summed E-state index contributed by atoms with van der Waals surface area (Å²) in [5, 5.41) is 4.74. The van der Waals surface area contributed by atoms with Gasteiger partial charge in [0.2, 0.25) is 0 Å². The first-order chi connectivity index (χ1) is 18.4. The molecule has 0 bridgehead atoms. The molecule has 4 aromatic rings. The Labute approximate surface area is 226 Å². The molecule has 1 saturated heterocycles. The minimum atomic E-state index is -0.214. The van der Waals surface area contributed by atoms with Crippen molar-refractivity contribution in [2.24, 2.45) is 5.41 Å². The van der Waals surface area contributed by atoms with Crippen LogP contribution < -0.4 is 5.32 Å². The summed E-state index contributed by atoms with van der Waals surface area (Å²) >= 11 is 1.67. The van der Waals surface area contributed by atoms with E-state index in [1.54, 1.807) is 35.1 Å². The van der Waals surface area contributed by atoms with Gasteiger partial charge in [0.05, 0.1) is 35.0 Å². The predicted molar refractivity (Wildman–Crippen MR) is 150 cm³/mol. The largest absolute Gasteiger partial charge is 0.472 e. The van der Waals surface area contributed by atoms with E-state index in [9.17, 15) is 4.79 Å². The number of rotatable bonds is 6. The third-order valence-electron chi connectivity index (χ3n) is 7.74. The first-order valence-corrected chi connectivity index (χ1v) is 14.2. The lowest BCUT2D eigenvalue weighted by Crippen LogP contribution is -2.49. The lowest BCUT2D eigenvalue weighted by molar-refractivity contribution is 0.0807. The molecule has 1 N–H and O–H groups in total. The number of pyridine rings is 1. The number of amides is 1. The van der Waals surface area contributed by atoms with Gasteiger partial charge in [-0.15, -0.1) is 11.3 Å². The monoisotopic (exact) mass is 534 g/mol. The van der Waals surface area contributed by atoms with Crippen LogP contribution in [0.1, 0.15) is 38.3 Å². The highest BCUT2D eigenvalue weighted by molar-refractivity contribution is 7.26. The zero-order chi connectivity index (χ0) is 26.3. The van der Waals surface area contributed by atoms with E-state index in [4.69, 9.17) is 19.1 Å². The minimum Gasteiger partial charge on any atom is -0.472 e. The molecule has 1 aliphatic carbocycles. The van der Waals surface area contributed by atoms with Gasteiger partial charge in [0.15, 0.2) is 0 Å². The number of fused-ring (bicyclic) bond motifs is 5. The van der Waals surface area contributed by atoms with Crippen LogP contribution in [0, 0.1) is 5.41 Å². The number of thiophene rings is 1. The zero-order valence-corrected chi connectivity index (χ0v) is 23.1. The Morgan fingerprint density at radius 1 is 1.21 bits per heavy atom. The van der Waals surface area contributed by atoms with Gasteiger partial charge in [0.25, 0.3) is 0 Å².